The van der Waals surface area contributed by atoms with Gasteiger partial charge in [-0.25, -0.2) is 9.88 Å². The molecule has 0 atom stereocenters. The van der Waals surface area contributed by atoms with Crippen LogP contribution in [0.15, 0.2) is 66.0 Å². The summed E-state index contributed by atoms with van der Waals surface area (Å²) < 4.78 is 2.02. The monoisotopic (exact) mass is 309 g/mol. The number of ketones is 1. The van der Waals surface area contributed by atoms with Gasteiger partial charge in [0.15, 0.2) is 6.54 Å². The molecule has 1 N–H and O–H groups in total. The molecular formula is C18H17N2OS+. The molecule has 0 aliphatic rings. The van der Waals surface area contributed by atoms with E-state index >= 15 is 0 Å². The number of Topliss-reactive ketones (excluding diaryl/α,β-unsaturated/α-hetero) is 1. The van der Waals surface area contributed by atoms with Gasteiger partial charge in [-0.1, -0.05) is 59.9 Å². The second-order valence-corrected chi connectivity index (χ2v) is 5.91. The first kappa shape index (κ1) is 14.5. The highest BCUT2D eigenvalue weighted by Gasteiger charge is 2.19. The highest BCUT2D eigenvalue weighted by atomic mass is 32.1. The van der Waals surface area contributed by atoms with Crippen molar-refractivity contribution >= 4 is 27.9 Å². The Morgan fingerprint density at radius 3 is 2.36 bits per heavy atom. The molecular weight excluding hydrogens is 292 g/mol. The minimum Gasteiger partial charge on any atom is -0.290 e. The quantitative estimate of drug-likeness (QED) is 0.571. The maximum atomic E-state index is 12.4. The molecule has 0 aliphatic carbocycles. The summed E-state index contributed by atoms with van der Waals surface area (Å²) >= 11 is 1.61. The van der Waals surface area contributed by atoms with E-state index < -0.39 is 0 Å². The van der Waals surface area contributed by atoms with E-state index in [0.29, 0.717) is 6.54 Å². The molecule has 1 heterocycles. The molecule has 3 aromatic rings. The number of carbonyl (C=O) groups is 1. The highest BCUT2D eigenvalue weighted by molar-refractivity contribution is 7.13. The Morgan fingerprint density at radius 2 is 1.68 bits per heavy atom. The standard InChI is InChI=1S/C18H16N2OS/c1-14-13-22-18(19-16-10-6-3-7-11-16)20(14)12-17(21)15-8-4-2-5-9-15/h2-11,13H,12H2,1H3/p+1. The molecule has 0 radical (unpaired) electrons. The van der Waals surface area contributed by atoms with Crippen molar-refractivity contribution in [1.29, 1.82) is 0 Å². The SMILES string of the molecule is Cc1csc(Nc2ccccc2)[n+]1CC(=O)c1ccccc1. The summed E-state index contributed by atoms with van der Waals surface area (Å²) in [6.07, 6.45) is 0. The lowest BCUT2D eigenvalue weighted by atomic mass is 10.1. The van der Waals surface area contributed by atoms with Crippen LogP contribution in [-0.4, -0.2) is 5.78 Å². The third-order valence-corrected chi connectivity index (χ3v) is 4.44. The number of hydrogen-bond acceptors (Lipinski definition) is 3. The molecule has 0 saturated carbocycles. The fraction of sp³-hybridized carbons (Fsp3) is 0.111. The van der Waals surface area contributed by atoms with Gasteiger partial charge in [0.2, 0.25) is 5.78 Å². The van der Waals surface area contributed by atoms with Crippen LogP contribution in [0.1, 0.15) is 16.1 Å². The van der Waals surface area contributed by atoms with Crippen LogP contribution in [-0.2, 0) is 6.54 Å². The minimum absolute atomic E-state index is 0.114. The number of para-hydroxylation sites is 1. The van der Waals surface area contributed by atoms with Crippen molar-refractivity contribution < 1.29 is 9.36 Å². The minimum atomic E-state index is 0.114. The second-order valence-electron chi connectivity index (χ2n) is 5.05. The maximum Gasteiger partial charge on any atom is 0.339 e. The molecule has 0 amide bonds. The van der Waals surface area contributed by atoms with Crippen molar-refractivity contribution in [2.75, 3.05) is 5.32 Å². The topological polar surface area (TPSA) is 33.0 Å². The fourth-order valence-electron chi connectivity index (χ4n) is 2.23. The van der Waals surface area contributed by atoms with Crippen LogP contribution < -0.4 is 9.88 Å². The van der Waals surface area contributed by atoms with E-state index in [9.17, 15) is 4.79 Å². The zero-order valence-electron chi connectivity index (χ0n) is 12.3. The number of aromatic nitrogens is 1. The summed E-state index contributed by atoms with van der Waals surface area (Å²) in [5, 5.41) is 6.40. The number of benzene rings is 2. The molecule has 3 nitrogen and oxygen atoms in total. The predicted molar refractivity (Wildman–Crippen MR) is 89.7 cm³/mol. The number of thiazole rings is 1. The first-order chi connectivity index (χ1) is 10.7. The van der Waals surface area contributed by atoms with E-state index in [2.05, 4.69) is 10.7 Å². The zero-order valence-corrected chi connectivity index (χ0v) is 13.1. The lowest BCUT2D eigenvalue weighted by Gasteiger charge is -2.04. The molecule has 0 saturated heterocycles. The summed E-state index contributed by atoms with van der Waals surface area (Å²) in [5.74, 6) is 0.114. The fourth-order valence-corrected chi connectivity index (χ4v) is 3.15. The first-order valence-corrected chi connectivity index (χ1v) is 8.00. The normalized spacial score (nSPS) is 10.4. The summed E-state index contributed by atoms with van der Waals surface area (Å²) in [7, 11) is 0. The van der Waals surface area contributed by atoms with Gasteiger partial charge in [0.25, 0.3) is 0 Å². The molecule has 22 heavy (non-hydrogen) atoms. The van der Waals surface area contributed by atoms with Crippen LogP contribution >= 0.6 is 11.3 Å². The average molecular weight is 309 g/mol. The Hall–Kier alpha value is -2.46. The highest BCUT2D eigenvalue weighted by Crippen LogP contribution is 2.19. The van der Waals surface area contributed by atoms with Crippen LogP contribution in [0.2, 0.25) is 0 Å². The molecule has 3 rings (SSSR count). The zero-order chi connectivity index (χ0) is 15.4. The summed E-state index contributed by atoms with van der Waals surface area (Å²) in [6.45, 7) is 2.36. The van der Waals surface area contributed by atoms with Crippen LogP contribution in [0.5, 0.6) is 0 Å². The van der Waals surface area contributed by atoms with Crippen molar-refractivity contribution in [3.63, 3.8) is 0 Å². The van der Waals surface area contributed by atoms with Gasteiger partial charge in [-0.05, 0) is 19.1 Å². The Labute approximate surface area is 133 Å². The number of nitrogens with one attached hydrogen (secondary N) is 1. The number of hydrogen-bond donors (Lipinski definition) is 1. The molecule has 1 aromatic heterocycles. The van der Waals surface area contributed by atoms with Gasteiger partial charge in [0.05, 0.1) is 0 Å². The lowest BCUT2D eigenvalue weighted by Crippen LogP contribution is -2.40. The van der Waals surface area contributed by atoms with Gasteiger partial charge in [0, 0.05) is 10.9 Å². The Kier molecular flexibility index (Phi) is 4.30. The Morgan fingerprint density at radius 1 is 1.05 bits per heavy atom. The van der Waals surface area contributed by atoms with Crippen molar-refractivity contribution in [1.82, 2.24) is 0 Å². The molecule has 0 bridgehead atoms. The summed E-state index contributed by atoms with van der Waals surface area (Å²) in [6, 6.07) is 19.4. The molecule has 2 aromatic carbocycles. The third-order valence-electron chi connectivity index (χ3n) is 3.43. The lowest BCUT2D eigenvalue weighted by molar-refractivity contribution is -0.670. The average Bonchev–Trinajstić information content (AvgIpc) is 2.90. The molecule has 0 fully saturated rings. The van der Waals surface area contributed by atoms with Crippen LogP contribution in [0, 0.1) is 6.92 Å². The van der Waals surface area contributed by atoms with Crippen molar-refractivity contribution in [2.45, 2.75) is 13.5 Å². The molecule has 0 unspecified atom stereocenters. The number of carbonyl (C=O) groups excluding carboxylic acids is 1. The second kappa shape index (κ2) is 6.54. The van der Waals surface area contributed by atoms with Gasteiger partial charge >= 0.3 is 5.13 Å². The van der Waals surface area contributed by atoms with E-state index in [0.717, 1.165) is 22.1 Å². The van der Waals surface area contributed by atoms with Crippen molar-refractivity contribution in [3.05, 3.63) is 77.3 Å². The van der Waals surface area contributed by atoms with E-state index in [1.165, 1.54) is 0 Å². The van der Waals surface area contributed by atoms with E-state index in [-0.39, 0.29) is 5.78 Å². The van der Waals surface area contributed by atoms with Crippen LogP contribution in [0.4, 0.5) is 10.8 Å². The smallest absolute Gasteiger partial charge is 0.290 e. The van der Waals surface area contributed by atoms with Gasteiger partial charge in [0.1, 0.15) is 11.4 Å². The maximum absolute atomic E-state index is 12.4. The van der Waals surface area contributed by atoms with Crippen LogP contribution in [0.25, 0.3) is 0 Å². The number of aryl methyl sites for hydroxylation is 1. The number of rotatable bonds is 5. The third kappa shape index (κ3) is 3.23. The predicted octanol–water partition coefficient (Wildman–Crippen LogP) is 3.97. The Balaban J connectivity index is 1.82. The number of nitrogens with zero attached hydrogens (tertiary/aromatic N) is 1. The van der Waals surface area contributed by atoms with Gasteiger partial charge < -0.3 is 0 Å². The number of anilines is 2. The van der Waals surface area contributed by atoms with Crippen LogP contribution in [0.3, 0.4) is 0 Å². The summed E-state index contributed by atoms with van der Waals surface area (Å²) in [4.78, 5) is 12.4. The van der Waals surface area contributed by atoms with E-state index in [1.54, 1.807) is 11.3 Å². The van der Waals surface area contributed by atoms with Crippen molar-refractivity contribution in [2.24, 2.45) is 0 Å². The van der Waals surface area contributed by atoms with E-state index in [4.69, 9.17) is 0 Å². The molecule has 4 heteroatoms. The van der Waals surface area contributed by atoms with E-state index in [1.807, 2.05) is 72.2 Å². The first-order valence-electron chi connectivity index (χ1n) is 7.12. The molecule has 0 spiro atoms. The van der Waals surface area contributed by atoms with Crippen molar-refractivity contribution in [3.8, 4) is 0 Å². The largest absolute Gasteiger partial charge is 0.339 e. The van der Waals surface area contributed by atoms with Gasteiger partial charge in [-0.15, -0.1) is 0 Å². The van der Waals surface area contributed by atoms with Gasteiger partial charge in [-0.2, -0.15) is 0 Å². The molecule has 0 aliphatic heterocycles. The Bertz CT molecular complexity index is 766. The van der Waals surface area contributed by atoms with Gasteiger partial charge in [-0.3, -0.25) is 4.79 Å². The summed E-state index contributed by atoms with van der Waals surface area (Å²) in [5.41, 5.74) is 2.84. The molecule has 110 valence electrons.